The van der Waals surface area contributed by atoms with Gasteiger partial charge in [0, 0.05) is 9.79 Å². The van der Waals surface area contributed by atoms with Crippen molar-refractivity contribution in [2.75, 3.05) is 0 Å². The molecule has 8 heteroatoms. The summed E-state index contributed by atoms with van der Waals surface area (Å²) in [5.41, 5.74) is 4.90. The van der Waals surface area contributed by atoms with Crippen LogP contribution in [0.5, 0.6) is 11.5 Å². The third-order valence-electron chi connectivity index (χ3n) is 4.89. The molecule has 0 saturated carbocycles. The van der Waals surface area contributed by atoms with Crippen molar-refractivity contribution in [2.45, 2.75) is 37.5 Å². The molecule has 0 aliphatic heterocycles. The van der Waals surface area contributed by atoms with Crippen LogP contribution in [-0.4, -0.2) is 8.77 Å². The van der Waals surface area contributed by atoms with Gasteiger partial charge in [0.1, 0.15) is 11.5 Å². The van der Waals surface area contributed by atoms with Crippen molar-refractivity contribution in [3.05, 3.63) is 119 Å². The van der Waals surface area contributed by atoms with Gasteiger partial charge in [0.25, 0.3) is 0 Å². The minimum Gasteiger partial charge on any atom is -0.439 e. The number of aryl methyl sites for hydroxylation is 4. The lowest BCUT2D eigenvalue weighted by Crippen LogP contribution is -1.99. The largest absolute Gasteiger partial charge is 0.439 e. The third-order valence-corrected chi connectivity index (χ3v) is 7.07. The Morgan fingerprint density at radius 3 is 0.974 bits per heavy atom. The molecule has 0 bridgehead atoms. The quantitative estimate of drug-likeness (QED) is 0.102. The number of thioether (sulfide) groups is 2. The molecule has 38 heavy (non-hydrogen) atoms. The molecule has 0 unspecified atom stereocenters. The molecule has 4 aromatic carbocycles. The van der Waals surface area contributed by atoms with Gasteiger partial charge in [0.15, 0.2) is 0 Å². The van der Waals surface area contributed by atoms with Crippen molar-refractivity contribution in [3.8, 4) is 11.5 Å². The van der Waals surface area contributed by atoms with Crippen LogP contribution in [0.1, 0.15) is 22.3 Å². The SMILES string of the molecule is Cc1ccc(OC(=S)Sc2ccc(C)cc2)cc1.Cc1ccc(OC(=S)Sc2ccc(C)cc2)cc1.SS. The summed E-state index contributed by atoms with van der Waals surface area (Å²) in [6, 6.07) is 32.2. The summed E-state index contributed by atoms with van der Waals surface area (Å²) in [6.07, 6.45) is 0. The highest BCUT2D eigenvalue weighted by molar-refractivity contribution is 8.59. The van der Waals surface area contributed by atoms with E-state index in [-0.39, 0.29) is 0 Å². The van der Waals surface area contributed by atoms with E-state index in [4.69, 9.17) is 33.9 Å². The second-order valence-corrected chi connectivity index (χ2v) is 11.5. The molecule has 4 rings (SSSR count). The Balaban J connectivity index is 0.000000251. The molecule has 0 amide bonds. The van der Waals surface area contributed by atoms with Crippen LogP contribution in [0, 0.1) is 27.7 Å². The van der Waals surface area contributed by atoms with E-state index < -0.39 is 0 Å². The zero-order valence-corrected chi connectivity index (χ0v) is 26.6. The zero-order chi connectivity index (χ0) is 27.9. The van der Waals surface area contributed by atoms with Gasteiger partial charge >= 0.3 is 0 Å². The summed E-state index contributed by atoms with van der Waals surface area (Å²) in [7, 11) is 0. The average Bonchev–Trinajstić information content (AvgIpc) is 2.91. The van der Waals surface area contributed by atoms with Gasteiger partial charge < -0.3 is 9.47 Å². The highest BCUT2D eigenvalue weighted by atomic mass is 33.1. The second kappa shape index (κ2) is 17.6. The molecular weight excluding hydrogens is 585 g/mol. The lowest BCUT2D eigenvalue weighted by molar-refractivity contribution is 0.578. The maximum Gasteiger partial charge on any atom is 0.230 e. The summed E-state index contributed by atoms with van der Waals surface area (Å²) in [5.74, 6) is 1.57. The highest BCUT2D eigenvalue weighted by Gasteiger charge is 2.04. The van der Waals surface area contributed by atoms with E-state index in [1.807, 2.05) is 86.6 Å². The summed E-state index contributed by atoms with van der Waals surface area (Å²) in [5, 5.41) is 0. The molecule has 0 spiro atoms. The van der Waals surface area contributed by atoms with Crippen LogP contribution in [0.2, 0.25) is 0 Å². The fraction of sp³-hybridized carbons (Fsp3) is 0.133. The van der Waals surface area contributed by atoms with E-state index in [9.17, 15) is 0 Å². The zero-order valence-electron chi connectivity index (χ0n) is 21.6. The van der Waals surface area contributed by atoms with Crippen molar-refractivity contribution in [1.82, 2.24) is 0 Å². The summed E-state index contributed by atoms with van der Waals surface area (Å²) in [6.45, 7) is 8.22. The Morgan fingerprint density at radius 1 is 0.474 bits per heavy atom. The maximum absolute atomic E-state index is 5.60. The third kappa shape index (κ3) is 12.7. The molecule has 0 radical (unpaired) electrons. The van der Waals surface area contributed by atoms with Crippen molar-refractivity contribution in [1.29, 1.82) is 0 Å². The van der Waals surface area contributed by atoms with E-state index in [2.05, 4.69) is 61.4 Å². The molecule has 0 aliphatic rings. The smallest absolute Gasteiger partial charge is 0.230 e. The lowest BCUT2D eigenvalue weighted by Gasteiger charge is -2.06. The molecule has 4 aromatic rings. The Hall–Kier alpha value is -1.94. The molecule has 0 saturated heterocycles. The monoisotopic (exact) mass is 614 g/mol. The number of ether oxygens (including phenoxy) is 2. The molecule has 0 N–H and O–H groups in total. The standard InChI is InChI=1S/2C15H14OS2.H2S2/c2*1-11-3-7-13(8-4-11)16-15(17)18-14-9-5-12(2)6-10-14;1-2/h2*3-10H,1-2H3;1-2H. The minimum absolute atomic E-state index is 0.516. The van der Waals surface area contributed by atoms with Crippen molar-refractivity contribution in [3.63, 3.8) is 0 Å². The first kappa shape index (κ1) is 32.3. The van der Waals surface area contributed by atoms with Gasteiger partial charge in [-0.2, -0.15) is 0 Å². The number of thiocarbonyl (C=S) groups is 2. The predicted octanol–water partition coefficient (Wildman–Crippen LogP) is 10.3. The highest BCUT2D eigenvalue weighted by Crippen LogP contribution is 2.24. The number of rotatable bonds is 4. The number of benzene rings is 4. The molecule has 0 aromatic heterocycles. The van der Waals surface area contributed by atoms with Crippen molar-refractivity contribution < 1.29 is 9.47 Å². The Kier molecular flexibility index (Phi) is 15.0. The topological polar surface area (TPSA) is 18.5 Å². The summed E-state index contributed by atoms with van der Waals surface area (Å²) < 4.78 is 12.2. The van der Waals surface area contributed by atoms with Gasteiger partial charge in [-0.05, 0) is 124 Å². The second-order valence-electron chi connectivity index (χ2n) is 8.16. The number of hydrogen-bond donors (Lipinski definition) is 2. The van der Waals surface area contributed by atoms with E-state index in [1.54, 1.807) is 0 Å². The van der Waals surface area contributed by atoms with Crippen LogP contribution in [0.4, 0.5) is 0 Å². The van der Waals surface area contributed by atoms with Crippen LogP contribution >= 0.6 is 71.3 Å². The van der Waals surface area contributed by atoms with Gasteiger partial charge in [0.2, 0.25) is 8.77 Å². The van der Waals surface area contributed by atoms with Crippen LogP contribution in [0.3, 0.4) is 0 Å². The van der Waals surface area contributed by atoms with E-state index in [1.165, 1.54) is 45.8 Å². The Morgan fingerprint density at radius 2 is 0.711 bits per heavy atom. The molecule has 0 aliphatic carbocycles. The molecule has 0 heterocycles. The summed E-state index contributed by atoms with van der Waals surface area (Å²) >= 11 is 19.8. The first-order chi connectivity index (χ1) is 18.3. The predicted molar refractivity (Wildman–Crippen MR) is 181 cm³/mol. The van der Waals surface area contributed by atoms with Gasteiger partial charge in [-0.3, -0.25) is 0 Å². The maximum atomic E-state index is 5.60. The van der Waals surface area contributed by atoms with E-state index in [0.29, 0.717) is 8.77 Å². The molecule has 198 valence electrons. The molecule has 2 nitrogen and oxygen atoms in total. The van der Waals surface area contributed by atoms with E-state index in [0.717, 1.165) is 21.3 Å². The number of thiol groups is 2. The van der Waals surface area contributed by atoms with E-state index >= 15 is 0 Å². The first-order valence-corrected chi connectivity index (χ1v) is 15.6. The Labute approximate surface area is 256 Å². The fourth-order valence-electron chi connectivity index (χ4n) is 2.85. The van der Waals surface area contributed by atoms with Gasteiger partial charge in [-0.15, -0.1) is 23.3 Å². The fourth-order valence-corrected chi connectivity index (χ4v) is 4.83. The molecule has 0 fully saturated rings. The van der Waals surface area contributed by atoms with Crippen LogP contribution in [0.25, 0.3) is 0 Å². The molecular formula is C30H30O2S6. The van der Waals surface area contributed by atoms with Crippen LogP contribution < -0.4 is 9.47 Å². The van der Waals surface area contributed by atoms with Crippen LogP contribution in [-0.2, 0) is 0 Å². The first-order valence-electron chi connectivity index (χ1n) is 11.5. The van der Waals surface area contributed by atoms with Crippen molar-refractivity contribution >= 4 is 80.0 Å². The van der Waals surface area contributed by atoms with Gasteiger partial charge in [-0.1, -0.05) is 70.8 Å². The minimum atomic E-state index is 0.516. The lowest BCUT2D eigenvalue weighted by atomic mass is 10.2. The average molecular weight is 615 g/mol. The molecule has 0 atom stereocenters. The Bertz CT molecular complexity index is 1070. The normalized spacial score (nSPS) is 9.74. The van der Waals surface area contributed by atoms with Crippen molar-refractivity contribution in [2.24, 2.45) is 0 Å². The number of hydrogen-bond acceptors (Lipinski definition) is 8. The van der Waals surface area contributed by atoms with Gasteiger partial charge in [0.05, 0.1) is 0 Å². The van der Waals surface area contributed by atoms with Crippen LogP contribution in [0.15, 0.2) is 107 Å². The summed E-state index contributed by atoms with van der Waals surface area (Å²) in [4.78, 5) is 2.19. The van der Waals surface area contributed by atoms with Gasteiger partial charge in [-0.25, -0.2) is 0 Å².